The van der Waals surface area contributed by atoms with Crippen LogP contribution in [0, 0.1) is 9.39 Å². The van der Waals surface area contributed by atoms with Crippen molar-refractivity contribution >= 4 is 34.2 Å². The fraction of sp³-hybridized carbons (Fsp3) is 0. The number of aromatic carboxylic acids is 1. The van der Waals surface area contributed by atoms with Gasteiger partial charge < -0.3 is 10.8 Å². The zero-order valence-corrected chi connectivity index (χ0v) is 8.00. The van der Waals surface area contributed by atoms with Crippen LogP contribution in [0.15, 0.2) is 12.1 Å². The lowest BCUT2D eigenvalue weighted by molar-refractivity contribution is 0.0697. The van der Waals surface area contributed by atoms with Crippen LogP contribution in [0.1, 0.15) is 10.4 Å². The van der Waals surface area contributed by atoms with Gasteiger partial charge in [0, 0.05) is 0 Å². The summed E-state index contributed by atoms with van der Waals surface area (Å²) in [5.74, 6) is -1.89. The Bertz CT molecular complexity index is 340. The van der Waals surface area contributed by atoms with Crippen LogP contribution < -0.4 is 5.73 Å². The molecule has 12 heavy (non-hydrogen) atoms. The van der Waals surface area contributed by atoms with Gasteiger partial charge in [-0.1, -0.05) is 0 Å². The highest BCUT2D eigenvalue weighted by Gasteiger charge is 2.13. The molecule has 0 aliphatic carbocycles. The molecule has 0 atom stereocenters. The second-order valence-electron chi connectivity index (χ2n) is 2.13. The van der Waals surface area contributed by atoms with Gasteiger partial charge in [0.15, 0.2) is 5.82 Å². The molecule has 3 nitrogen and oxygen atoms in total. The van der Waals surface area contributed by atoms with Gasteiger partial charge in [0.2, 0.25) is 0 Å². The average molecular weight is 281 g/mol. The smallest absolute Gasteiger partial charge is 0.337 e. The summed E-state index contributed by atoms with van der Waals surface area (Å²) in [5, 5.41) is 8.53. The topological polar surface area (TPSA) is 63.3 Å². The molecule has 0 saturated carbocycles. The van der Waals surface area contributed by atoms with Crippen LogP contribution in [0.25, 0.3) is 0 Å². The fourth-order valence-corrected chi connectivity index (χ4v) is 1.22. The van der Waals surface area contributed by atoms with Gasteiger partial charge in [-0.05, 0) is 34.7 Å². The van der Waals surface area contributed by atoms with Crippen molar-refractivity contribution in [1.29, 1.82) is 0 Å². The highest BCUT2D eigenvalue weighted by atomic mass is 127. The van der Waals surface area contributed by atoms with Gasteiger partial charge in [0.05, 0.1) is 14.8 Å². The second-order valence-corrected chi connectivity index (χ2v) is 3.29. The SMILES string of the molecule is Nc1c(C(=O)O)ccc(I)c1F. The monoisotopic (exact) mass is 281 g/mol. The van der Waals surface area contributed by atoms with Crippen LogP contribution in [-0.2, 0) is 0 Å². The van der Waals surface area contributed by atoms with E-state index in [9.17, 15) is 9.18 Å². The molecule has 1 rings (SSSR count). The molecule has 0 aromatic heterocycles. The zero-order valence-electron chi connectivity index (χ0n) is 5.84. The molecule has 5 heteroatoms. The largest absolute Gasteiger partial charge is 0.478 e. The lowest BCUT2D eigenvalue weighted by Gasteiger charge is -2.02. The van der Waals surface area contributed by atoms with Gasteiger partial charge in [0.1, 0.15) is 0 Å². The number of anilines is 1. The molecule has 1 aromatic carbocycles. The summed E-state index contributed by atoms with van der Waals surface area (Å²) in [6.07, 6.45) is 0. The molecule has 64 valence electrons. The van der Waals surface area contributed by atoms with Gasteiger partial charge in [-0.3, -0.25) is 0 Å². The van der Waals surface area contributed by atoms with E-state index in [1.165, 1.54) is 12.1 Å². The number of nitrogen functional groups attached to an aromatic ring is 1. The van der Waals surface area contributed by atoms with Crippen LogP contribution in [0.3, 0.4) is 0 Å². The van der Waals surface area contributed by atoms with Gasteiger partial charge in [-0.25, -0.2) is 9.18 Å². The maximum atomic E-state index is 13.0. The van der Waals surface area contributed by atoms with Crippen molar-refractivity contribution in [1.82, 2.24) is 0 Å². The highest BCUT2D eigenvalue weighted by Crippen LogP contribution is 2.21. The number of benzene rings is 1. The number of halogens is 2. The minimum atomic E-state index is -1.22. The number of nitrogens with two attached hydrogens (primary N) is 1. The quantitative estimate of drug-likeness (QED) is 0.608. The van der Waals surface area contributed by atoms with E-state index >= 15 is 0 Å². The number of rotatable bonds is 1. The highest BCUT2D eigenvalue weighted by molar-refractivity contribution is 14.1. The summed E-state index contributed by atoms with van der Waals surface area (Å²) in [5.41, 5.74) is 4.71. The molecule has 0 aliphatic heterocycles. The maximum Gasteiger partial charge on any atom is 0.337 e. The normalized spacial score (nSPS) is 9.83. The van der Waals surface area contributed by atoms with Crippen molar-refractivity contribution in [3.63, 3.8) is 0 Å². The van der Waals surface area contributed by atoms with Crippen molar-refractivity contribution in [3.05, 3.63) is 27.1 Å². The summed E-state index contributed by atoms with van der Waals surface area (Å²) < 4.78 is 13.3. The first-order valence-electron chi connectivity index (χ1n) is 3.01. The van der Waals surface area contributed by atoms with E-state index in [2.05, 4.69) is 0 Å². The minimum Gasteiger partial charge on any atom is -0.478 e. The van der Waals surface area contributed by atoms with Crippen molar-refractivity contribution < 1.29 is 14.3 Å². The first kappa shape index (κ1) is 9.24. The van der Waals surface area contributed by atoms with Gasteiger partial charge in [-0.15, -0.1) is 0 Å². The van der Waals surface area contributed by atoms with E-state index < -0.39 is 11.8 Å². The average Bonchev–Trinajstić information content (AvgIpc) is 2.00. The van der Waals surface area contributed by atoms with Crippen LogP contribution in [0.4, 0.5) is 10.1 Å². The van der Waals surface area contributed by atoms with E-state index in [0.717, 1.165) is 0 Å². The number of hydrogen-bond acceptors (Lipinski definition) is 2. The van der Waals surface area contributed by atoms with Crippen LogP contribution in [-0.4, -0.2) is 11.1 Å². The van der Waals surface area contributed by atoms with E-state index in [4.69, 9.17) is 10.8 Å². The molecule has 0 heterocycles. The summed E-state index contributed by atoms with van der Waals surface area (Å²) in [4.78, 5) is 10.4. The van der Waals surface area contributed by atoms with Gasteiger partial charge in [-0.2, -0.15) is 0 Å². The first-order chi connectivity index (χ1) is 5.54. The van der Waals surface area contributed by atoms with Crippen molar-refractivity contribution in [2.45, 2.75) is 0 Å². The predicted molar refractivity (Wildman–Crippen MR) is 50.5 cm³/mol. The van der Waals surface area contributed by atoms with Crippen molar-refractivity contribution in [2.24, 2.45) is 0 Å². The Labute approximate surface area is 81.5 Å². The van der Waals surface area contributed by atoms with Crippen molar-refractivity contribution in [3.8, 4) is 0 Å². The molecular formula is C7H5FINO2. The summed E-state index contributed by atoms with van der Waals surface area (Å²) in [7, 11) is 0. The third-order valence-electron chi connectivity index (χ3n) is 1.36. The van der Waals surface area contributed by atoms with Gasteiger partial charge in [0.25, 0.3) is 0 Å². The Morgan fingerprint density at radius 2 is 2.17 bits per heavy atom. The Morgan fingerprint density at radius 1 is 1.58 bits per heavy atom. The first-order valence-corrected chi connectivity index (χ1v) is 4.08. The molecule has 0 saturated heterocycles. The zero-order chi connectivity index (χ0) is 9.30. The van der Waals surface area contributed by atoms with E-state index in [1.807, 2.05) is 0 Å². The number of carboxylic acids is 1. The molecular weight excluding hydrogens is 276 g/mol. The Morgan fingerprint density at radius 3 is 2.67 bits per heavy atom. The number of carboxylic acid groups (broad SMARTS) is 1. The Hall–Kier alpha value is -0.850. The predicted octanol–water partition coefficient (Wildman–Crippen LogP) is 1.71. The van der Waals surface area contributed by atoms with Crippen LogP contribution in [0.2, 0.25) is 0 Å². The molecule has 0 unspecified atom stereocenters. The molecule has 0 fully saturated rings. The lowest BCUT2D eigenvalue weighted by atomic mass is 10.2. The van der Waals surface area contributed by atoms with Gasteiger partial charge >= 0.3 is 5.97 Å². The molecule has 0 radical (unpaired) electrons. The Kier molecular flexibility index (Phi) is 2.51. The van der Waals surface area contributed by atoms with Crippen LogP contribution >= 0.6 is 22.6 Å². The Balaban J connectivity index is 3.36. The molecule has 0 spiro atoms. The third kappa shape index (κ3) is 1.50. The number of hydrogen-bond donors (Lipinski definition) is 2. The molecule has 0 bridgehead atoms. The maximum absolute atomic E-state index is 13.0. The van der Waals surface area contributed by atoms with E-state index in [0.29, 0.717) is 3.57 Å². The summed E-state index contributed by atoms with van der Waals surface area (Å²) >= 11 is 1.74. The molecule has 3 N–H and O–H groups in total. The minimum absolute atomic E-state index is 0.201. The second kappa shape index (κ2) is 3.26. The lowest BCUT2D eigenvalue weighted by Crippen LogP contribution is -2.05. The fourth-order valence-electron chi connectivity index (χ4n) is 0.753. The molecule has 0 amide bonds. The number of carbonyl (C=O) groups is 1. The summed E-state index contributed by atoms with van der Waals surface area (Å²) in [6, 6.07) is 2.65. The molecule has 0 aliphatic rings. The van der Waals surface area contributed by atoms with Crippen LogP contribution in [0.5, 0.6) is 0 Å². The standard InChI is InChI=1S/C7H5FINO2/c8-5-4(9)2-1-3(6(5)10)7(11)12/h1-2H,10H2,(H,11,12). The third-order valence-corrected chi connectivity index (χ3v) is 2.20. The summed E-state index contributed by atoms with van der Waals surface area (Å²) in [6.45, 7) is 0. The van der Waals surface area contributed by atoms with E-state index in [-0.39, 0.29) is 11.3 Å². The van der Waals surface area contributed by atoms with E-state index in [1.54, 1.807) is 22.6 Å². The van der Waals surface area contributed by atoms with Crippen molar-refractivity contribution in [2.75, 3.05) is 5.73 Å². The molecule has 1 aromatic rings.